The van der Waals surface area contributed by atoms with Crippen molar-refractivity contribution in [2.45, 2.75) is 36.3 Å². The van der Waals surface area contributed by atoms with Crippen LogP contribution in [0.25, 0.3) is 0 Å². The maximum atomic E-state index is 13.1. The van der Waals surface area contributed by atoms with E-state index in [1.165, 1.54) is 23.1 Å². The van der Waals surface area contributed by atoms with Crippen LogP contribution in [0.3, 0.4) is 0 Å². The van der Waals surface area contributed by atoms with Gasteiger partial charge in [0.1, 0.15) is 4.90 Å². The van der Waals surface area contributed by atoms with Crippen LogP contribution in [0.4, 0.5) is 11.4 Å². The van der Waals surface area contributed by atoms with E-state index in [1.807, 2.05) is 63.2 Å². The minimum absolute atomic E-state index is 0.0332. The Balaban J connectivity index is 1.50. The number of hydrogen-bond acceptors (Lipinski definition) is 4. The fourth-order valence-corrected chi connectivity index (χ4v) is 6.26. The summed E-state index contributed by atoms with van der Waals surface area (Å²) in [4.78, 5) is 14.1. The molecule has 0 aliphatic carbocycles. The Kier molecular flexibility index (Phi) is 8.27. The second kappa shape index (κ2) is 11.4. The van der Waals surface area contributed by atoms with Gasteiger partial charge in [-0.05, 0) is 85.5 Å². The maximum Gasteiger partial charge on any atom is 0.263 e. The minimum Gasteiger partial charge on any atom is -0.322 e. The van der Waals surface area contributed by atoms with Crippen molar-refractivity contribution in [3.05, 3.63) is 118 Å². The van der Waals surface area contributed by atoms with Gasteiger partial charge in [-0.2, -0.15) is 0 Å². The second-order valence-electron chi connectivity index (χ2n) is 8.70. The van der Waals surface area contributed by atoms with Crippen molar-refractivity contribution >= 4 is 50.7 Å². The number of thioether (sulfide) groups is 1. The van der Waals surface area contributed by atoms with Crippen LogP contribution in [-0.4, -0.2) is 14.3 Å². The average molecular weight is 551 g/mol. The molecule has 0 bridgehead atoms. The van der Waals surface area contributed by atoms with Gasteiger partial charge in [0.05, 0.1) is 10.7 Å². The quantitative estimate of drug-likeness (QED) is 0.221. The van der Waals surface area contributed by atoms with Gasteiger partial charge in [-0.1, -0.05) is 54.1 Å². The van der Waals surface area contributed by atoms with E-state index in [-0.39, 0.29) is 15.5 Å². The van der Waals surface area contributed by atoms with Crippen molar-refractivity contribution in [3.8, 4) is 0 Å². The van der Waals surface area contributed by atoms with Crippen LogP contribution in [0.1, 0.15) is 32.6 Å². The molecule has 0 unspecified atom stereocenters. The Labute approximate surface area is 227 Å². The number of rotatable bonds is 8. The minimum atomic E-state index is -4.02. The molecule has 4 aromatic carbocycles. The molecule has 0 saturated heterocycles. The summed E-state index contributed by atoms with van der Waals surface area (Å²) in [5, 5.41) is 2.92. The van der Waals surface area contributed by atoms with Gasteiger partial charge < -0.3 is 5.32 Å². The van der Waals surface area contributed by atoms with Gasteiger partial charge in [0.15, 0.2) is 0 Å². The van der Waals surface area contributed by atoms with E-state index in [9.17, 15) is 13.2 Å². The van der Waals surface area contributed by atoms with Gasteiger partial charge in [0.2, 0.25) is 0 Å². The molecule has 0 heterocycles. The highest BCUT2D eigenvalue weighted by molar-refractivity contribution is 7.98. The van der Waals surface area contributed by atoms with E-state index in [0.717, 1.165) is 28.0 Å². The summed E-state index contributed by atoms with van der Waals surface area (Å²) in [6, 6.07) is 25.6. The third-order valence-electron chi connectivity index (χ3n) is 6.02. The molecular weight excluding hydrogens is 524 g/mol. The van der Waals surface area contributed by atoms with Crippen molar-refractivity contribution in [2.24, 2.45) is 0 Å². The first-order valence-corrected chi connectivity index (χ1v) is 14.5. The molecule has 1 amide bonds. The van der Waals surface area contributed by atoms with Crippen LogP contribution in [-0.2, 0) is 15.8 Å². The van der Waals surface area contributed by atoms with Crippen LogP contribution < -0.4 is 10.0 Å². The van der Waals surface area contributed by atoms with E-state index in [2.05, 4.69) is 22.2 Å². The normalized spacial score (nSPS) is 11.2. The number of nitrogens with one attached hydrogen (secondary N) is 2. The number of benzene rings is 4. The fourth-order valence-electron chi connectivity index (χ4n) is 3.75. The highest BCUT2D eigenvalue weighted by Crippen LogP contribution is 2.29. The zero-order chi connectivity index (χ0) is 26.6. The van der Waals surface area contributed by atoms with Gasteiger partial charge in [0, 0.05) is 21.9 Å². The van der Waals surface area contributed by atoms with E-state index >= 15 is 0 Å². The lowest BCUT2D eigenvalue weighted by atomic mass is 10.1. The van der Waals surface area contributed by atoms with Crippen LogP contribution in [0.5, 0.6) is 0 Å². The summed E-state index contributed by atoms with van der Waals surface area (Å²) in [7, 11) is -4.02. The Bertz CT molecular complexity index is 1560. The molecule has 37 heavy (non-hydrogen) atoms. The number of aryl methyl sites for hydroxylation is 2. The van der Waals surface area contributed by atoms with Crippen LogP contribution in [0, 0.1) is 20.8 Å². The Morgan fingerprint density at radius 1 is 0.838 bits per heavy atom. The smallest absolute Gasteiger partial charge is 0.263 e. The summed E-state index contributed by atoms with van der Waals surface area (Å²) in [6.45, 7) is 5.67. The van der Waals surface area contributed by atoms with Gasteiger partial charge in [-0.3, -0.25) is 9.52 Å². The SMILES string of the molecule is Cc1cc(CSc2ccccc2)ccc1NC(=O)c1ccc(Cl)c(S(=O)(=O)Nc2cccc(C)c2C)c1. The number of carbonyl (C=O) groups excluding carboxylic acids is 1. The topological polar surface area (TPSA) is 75.3 Å². The van der Waals surface area contributed by atoms with Gasteiger partial charge in [0.25, 0.3) is 15.9 Å². The predicted octanol–water partition coefficient (Wildman–Crippen LogP) is 7.61. The van der Waals surface area contributed by atoms with Crippen molar-refractivity contribution < 1.29 is 13.2 Å². The molecule has 5 nitrogen and oxygen atoms in total. The number of carbonyl (C=O) groups is 1. The molecular formula is C29H27ClN2O3S2. The molecule has 2 N–H and O–H groups in total. The molecule has 0 atom stereocenters. The maximum absolute atomic E-state index is 13.1. The summed E-state index contributed by atoms with van der Waals surface area (Å²) >= 11 is 7.99. The average Bonchev–Trinajstić information content (AvgIpc) is 2.87. The molecule has 0 saturated carbocycles. The van der Waals surface area contributed by atoms with Crippen molar-refractivity contribution in [1.29, 1.82) is 0 Å². The lowest BCUT2D eigenvalue weighted by Crippen LogP contribution is -2.17. The van der Waals surface area contributed by atoms with E-state index in [1.54, 1.807) is 23.9 Å². The van der Waals surface area contributed by atoms with Crippen LogP contribution in [0.15, 0.2) is 94.7 Å². The first kappa shape index (κ1) is 26.8. The first-order chi connectivity index (χ1) is 17.6. The molecule has 0 radical (unpaired) electrons. The lowest BCUT2D eigenvalue weighted by Gasteiger charge is -2.14. The largest absolute Gasteiger partial charge is 0.322 e. The van der Waals surface area contributed by atoms with Gasteiger partial charge in [-0.25, -0.2) is 8.42 Å². The second-order valence-corrected chi connectivity index (χ2v) is 11.8. The van der Waals surface area contributed by atoms with Crippen molar-refractivity contribution in [3.63, 3.8) is 0 Å². The van der Waals surface area contributed by atoms with E-state index in [4.69, 9.17) is 11.6 Å². The van der Waals surface area contributed by atoms with Crippen LogP contribution in [0.2, 0.25) is 5.02 Å². The summed E-state index contributed by atoms with van der Waals surface area (Å²) in [5.74, 6) is 0.389. The fraction of sp³-hybridized carbons (Fsp3) is 0.138. The van der Waals surface area contributed by atoms with Gasteiger partial charge >= 0.3 is 0 Å². The molecule has 0 fully saturated rings. The molecule has 0 aliphatic rings. The third-order valence-corrected chi connectivity index (χ3v) is 8.95. The molecule has 4 rings (SSSR count). The highest BCUT2D eigenvalue weighted by atomic mass is 35.5. The molecule has 8 heteroatoms. The third kappa shape index (κ3) is 6.55. The summed E-state index contributed by atoms with van der Waals surface area (Å²) in [6.07, 6.45) is 0. The van der Waals surface area contributed by atoms with E-state index < -0.39 is 15.9 Å². The Morgan fingerprint density at radius 2 is 1.59 bits per heavy atom. The monoisotopic (exact) mass is 550 g/mol. The summed E-state index contributed by atoms with van der Waals surface area (Å²) in [5.41, 5.74) is 5.14. The van der Waals surface area contributed by atoms with Crippen molar-refractivity contribution in [1.82, 2.24) is 0 Å². The first-order valence-electron chi connectivity index (χ1n) is 11.6. The van der Waals surface area contributed by atoms with Crippen molar-refractivity contribution in [2.75, 3.05) is 10.0 Å². The summed E-state index contributed by atoms with van der Waals surface area (Å²) < 4.78 is 28.9. The molecule has 190 valence electrons. The number of hydrogen-bond donors (Lipinski definition) is 2. The van der Waals surface area contributed by atoms with Gasteiger partial charge in [-0.15, -0.1) is 11.8 Å². The number of halogens is 1. The molecule has 0 spiro atoms. The number of anilines is 2. The zero-order valence-electron chi connectivity index (χ0n) is 20.7. The lowest BCUT2D eigenvalue weighted by molar-refractivity contribution is 0.102. The molecule has 0 aromatic heterocycles. The standard InChI is InChI=1S/C29H27ClN2O3S2/c1-19-8-7-11-27(21(19)3)32-37(34,35)28-17-23(13-14-25(28)30)29(33)31-26-15-12-22(16-20(26)2)18-36-24-9-5-4-6-10-24/h4-17,32H,18H2,1-3H3,(H,31,33). The van der Waals surface area contributed by atoms with E-state index in [0.29, 0.717) is 11.4 Å². The molecule has 4 aromatic rings. The molecule has 0 aliphatic heterocycles. The Morgan fingerprint density at radius 3 is 2.32 bits per heavy atom. The number of amides is 1. The number of sulfonamides is 1. The highest BCUT2D eigenvalue weighted by Gasteiger charge is 2.21. The Hall–Kier alpha value is -3.26. The zero-order valence-corrected chi connectivity index (χ0v) is 23.1. The predicted molar refractivity (Wildman–Crippen MR) is 153 cm³/mol. The van der Waals surface area contributed by atoms with Crippen LogP contribution >= 0.6 is 23.4 Å².